The minimum absolute atomic E-state index is 0.0372. The summed E-state index contributed by atoms with van der Waals surface area (Å²) in [5.41, 5.74) is 1.38. The minimum atomic E-state index is -0.585. The Morgan fingerprint density at radius 2 is 2.16 bits per heavy atom. The van der Waals surface area contributed by atoms with Gasteiger partial charge in [-0.1, -0.05) is 18.5 Å². The monoisotopic (exact) mass is 278 g/mol. The number of halogens is 1. The molecule has 1 aromatic heterocycles. The molecule has 0 atom stereocenters. The molecule has 1 aromatic carbocycles. The zero-order chi connectivity index (χ0) is 14.0. The van der Waals surface area contributed by atoms with Crippen molar-refractivity contribution in [3.63, 3.8) is 0 Å². The lowest BCUT2D eigenvalue weighted by molar-refractivity contribution is -0.125. The molecule has 2 aromatic rings. The molecule has 0 bridgehead atoms. The van der Waals surface area contributed by atoms with Crippen LogP contribution in [-0.2, 0) is 10.2 Å². The molecule has 4 heteroatoms. The lowest BCUT2D eigenvalue weighted by atomic mass is 9.83. The average Bonchev–Trinajstić information content (AvgIpc) is 2.79. The number of hydrogen-bond donors (Lipinski definition) is 2. The van der Waals surface area contributed by atoms with E-state index in [1.54, 1.807) is 0 Å². The van der Waals surface area contributed by atoms with E-state index in [1.165, 1.54) is 0 Å². The number of rotatable bonds is 4. The Bertz CT molecular complexity index is 601. The van der Waals surface area contributed by atoms with Crippen molar-refractivity contribution in [3.8, 4) is 0 Å². The van der Waals surface area contributed by atoms with Crippen LogP contribution in [0.2, 0.25) is 5.02 Å². The number of amides is 1. The van der Waals surface area contributed by atoms with Gasteiger partial charge in [-0.05, 0) is 44.0 Å². The second-order valence-corrected chi connectivity index (χ2v) is 5.71. The highest BCUT2D eigenvalue weighted by Crippen LogP contribution is 2.32. The van der Waals surface area contributed by atoms with E-state index in [2.05, 4.69) is 10.3 Å². The largest absolute Gasteiger partial charge is 0.361 e. The van der Waals surface area contributed by atoms with E-state index in [0.29, 0.717) is 11.6 Å². The summed E-state index contributed by atoms with van der Waals surface area (Å²) < 4.78 is 0. The van der Waals surface area contributed by atoms with Gasteiger partial charge in [0.05, 0.1) is 5.41 Å². The van der Waals surface area contributed by atoms with Crippen molar-refractivity contribution in [1.29, 1.82) is 0 Å². The van der Waals surface area contributed by atoms with Gasteiger partial charge in [0.15, 0.2) is 0 Å². The van der Waals surface area contributed by atoms with Crippen LogP contribution in [-0.4, -0.2) is 17.4 Å². The summed E-state index contributed by atoms with van der Waals surface area (Å²) in [6, 6.07) is 5.67. The highest BCUT2D eigenvalue weighted by Gasteiger charge is 2.31. The summed E-state index contributed by atoms with van der Waals surface area (Å²) in [7, 11) is 0. The fraction of sp³-hybridized carbons (Fsp3) is 0.400. The molecule has 19 heavy (non-hydrogen) atoms. The van der Waals surface area contributed by atoms with Gasteiger partial charge >= 0.3 is 0 Å². The van der Waals surface area contributed by atoms with Gasteiger partial charge in [-0.15, -0.1) is 0 Å². The summed E-state index contributed by atoms with van der Waals surface area (Å²) in [6.45, 7) is 6.60. The average molecular weight is 279 g/mol. The summed E-state index contributed by atoms with van der Waals surface area (Å²) in [5, 5.41) is 4.64. The van der Waals surface area contributed by atoms with Crippen molar-refractivity contribution in [2.24, 2.45) is 0 Å². The van der Waals surface area contributed by atoms with Gasteiger partial charge in [-0.2, -0.15) is 0 Å². The first-order chi connectivity index (χ1) is 8.96. The van der Waals surface area contributed by atoms with Crippen LogP contribution in [0.25, 0.3) is 10.9 Å². The number of fused-ring (bicyclic) bond motifs is 1. The maximum atomic E-state index is 12.3. The zero-order valence-corrected chi connectivity index (χ0v) is 12.3. The molecule has 0 radical (unpaired) electrons. The Balaban J connectivity index is 2.42. The van der Waals surface area contributed by atoms with Gasteiger partial charge in [0.2, 0.25) is 5.91 Å². The van der Waals surface area contributed by atoms with E-state index in [0.717, 1.165) is 22.9 Å². The molecule has 0 saturated heterocycles. The number of hydrogen-bond acceptors (Lipinski definition) is 1. The molecule has 0 unspecified atom stereocenters. The smallest absolute Gasteiger partial charge is 0.230 e. The third-order valence-electron chi connectivity index (χ3n) is 3.42. The van der Waals surface area contributed by atoms with E-state index in [4.69, 9.17) is 11.6 Å². The molecule has 0 fully saturated rings. The third-order valence-corrected chi connectivity index (χ3v) is 3.66. The molecule has 1 amide bonds. The van der Waals surface area contributed by atoms with Crippen molar-refractivity contribution in [2.75, 3.05) is 6.54 Å². The maximum absolute atomic E-state index is 12.3. The predicted molar refractivity (Wildman–Crippen MR) is 79.6 cm³/mol. The summed E-state index contributed by atoms with van der Waals surface area (Å²) in [5.74, 6) is 0.0372. The highest BCUT2D eigenvalue weighted by molar-refractivity contribution is 6.31. The number of benzene rings is 1. The Morgan fingerprint density at radius 3 is 2.84 bits per heavy atom. The zero-order valence-electron chi connectivity index (χ0n) is 11.5. The quantitative estimate of drug-likeness (QED) is 0.881. The lowest BCUT2D eigenvalue weighted by Gasteiger charge is -2.23. The predicted octanol–water partition coefficient (Wildman–Crippen LogP) is 3.63. The summed E-state index contributed by atoms with van der Waals surface area (Å²) in [6.07, 6.45) is 2.83. The van der Waals surface area contributed by atoms with Gasteiger partial charge in [0.25, 0.3) is 0 Å². The van der Waals surface area contributed by atoms with Gasteiger partial charge in [-0.25, -0.2) is 0 Å². The fourth-order valence-corrected chi connectivity index (χ4v) is 2.36. The van der Waals surface area contributed by atoms with Crippen molar-refractivity contribution >= 4 is 28.4 Å². The number of carbonyl (C=O) groups excluding carboxylic acids is 1. The van der Waals surface area contributed by atoms with Gasteiger partial charge in [0, 0.05) is 28.7 Å². The molecule has 0 aliphatic heterocycles. The maximum Gasteiger partial charge on any atom is 0.230 e. The molecule has 0 saturated carbocycles. The van der Waals surface area contributed by atoms with Gasteiger partial charge in [-0.3, -0.25) is 4.79 Å². The van der Waals surface area contributed by atoms with Crippen LogP contribution >= 0.6 is 11.6 Å². The number of carbonyl (C=O) groups is 1. The van der Waals surface area contributed by atoms with Crippen LogP contribution in [0.15, 0.2) is 24.4 Å². The molecule has 1 heterocycles. The van der Waals surface area contributed by atoms with Gasteiger partial charge in [0.1, 0.15) is 0 Å². The normalized spacial score (nSPS) is 11.8. The van der Waals surface area contributed by atoms with E-state index in [-0.39, 0.29) is 5.91 Å². The number of nitrogens with one attached hydrogen (secondary N) is 2. The Labute approximate surface area is 118 Å². The standard InChI is InChI=1S/C15H19ClN2O/c1-4-7-17-14(19)15(2,3)12-9-18-13-6-5-10(16)8-11(12)13/h5-6,8-9,18H,4,7H2,1-3H3,(H,17,19). The summed E-state index contributed by atoms with van der Waals surface area (Å²) in [4.78, 5) is 15.5. The minimum Gasteiger partial charge on any atom is -0.361 e. The molecule has 0 spiro atoms. The molecule has 3 nitrogen and oxygen atoms in total. The second-order valence-electron chi connectivity index (χ2n) is 5.27. The number of aromatic amines is 1. The molecular weight excluding hydrogens is 260 g/mol. The van der Waals surface area contributed by atoms with Crippen LogP contribution in [0.5, 0.6) is 0 Å². The van der Waals surface area contributed by atoms with Crippen LogP contribution in [0.4, 0.5) is 0 Å². The third kappa shape index (κ3) is 2.61. The first-order valence-electron chi connectivity index (χ1n) is 6.52. The SMILES string of the molecule is CCCNC(=O)C(C)(C)c1c[nH]c2ccc(Cl)cc12. The van der Waals surface area contributed by atoms with Crippen molar-refractivity contribution in [3.05, 3.63) is 35.0 Å². The molecule has 2 rings (SSSR count). The van der Waals surface area contributed by atoms with Crippen LogP contribution in [0.3, 0.4) is 0 Å². The van der Waals surface area contributed by atoms with Crippen molar-refractivity contribution in [1.82, 2.24) is 10.3 Å². The molecule has 2 N–H and O–H groups in total. The van der Waals surface area contributed by atoms with E-state index >= 15 is 0 Å². The topological polar surface area (TPSA) is 44.9 Å². The van der Waals surface area contributed by atoms with Crippen LogP contribution < -0.4 is 5.32 Å². The summed E-state index contributed by atoms with van der Waals surface area (Å²) >= 11 is 6.05. The Morgan fingerprint density at radius 1 is 1.42 bits per heavy atom. The fourth-order valence-electron chi connectivity index (χ4n) is 2.19. The van der Waals surface area contributed by atoms with E-state index in [1.807, 2.05) is 45.2 Å². The van der Waals surface area contributed by atoms with Crippen molar-refractivity contribution in [2.45, 2.75) is 32.6 Å². The highest BCUT2D eigenvalue weighted by atomic mass is 35.5. The number of H-pyrrole nitrogens is 1. The molecule has 0 aliphatic rings. The van der Waals surface area contributed by atoms with E-state index in [9.17, 15) is 4.79 Å². The van der Waals surface area contributed by atoms with Crippen molar-refractivity contribution < 1.29 is 4.79 Å². The second kappa shape index (κ2) is 5.25. The van der Waals surface area contributed by atoms with Gasteiger partial charge < -0.3 is 10.3 Å². The molecule has 0 aliphatic carbocycles. The Hall–Kier alpha value is -1.48. The van der Waals surface area contributed by atoms with E-state index < -0.39 is 5.41 Å². The van der Waals surface area contributed by atoms with Crippen LogP contribution in [0.1, 0.15) is 32.8 Å². The number of aromatic nitrogens is 1. The molecule has 102 valence electrons. The first kappa shape index (κ1) is 13.9. The first-order valence-corrected chi connectivity index (χ1v) is 6.90. The van der Waals surface area contributed by atoms with Crippen LogP contribution in [0, 0.1) is 0 Å². The lowest BCUT2D eigenvalue weighted by Crippen LogP contribution is -2.40. The Kier molecular flexibility index (Phi) is 3.85. The molecular formula is C15H19ClN2O.